The van der Waals surface area contributed by atoms with Crippen molar-refractivity contribution in [3.8, 4) is 0 Å². The molecule has 2 aromatic carbocycles. The van der Waals surface area contributed by atoms with Gasteiger partial charge in [0.15, 0.2) is 0 Å². The first-order valence-corrected chi connectivity index (χ1v) is 10.9. The second-order valence-corrected chi connectivity index (χ2v) is 8.58. The third kappa shape index (κ3) is 5.06. The lowest BCUT2D eigenvalue weighted by Crippen LogP contribution is -2.12. The SMILES string of the molecule is Cc1nn(Cc2cccc(C(=O)Nc3cnn(Cc4cccc(Cl)c4)c3)c2)c(C)c1Br. The molecule has 0 atom stereocenters. The third-order valence-electron chi connectivity index (χ3n) is 4.94. The standard InChI is InChI=1S/C23H21BrClN5O/c1-15-22(24)16(2)30(28-15)13-17-5-3-7-19(9-17)23(31)27-21-11-26-29(14-21)12-18-6-4-8-20(25)10-18/h3-11,14H,12-13H2,1-2H3,(H,27,31). The van der Waals surface area contributed by atoms with Gasteiger partial charge >= 0.3 is 0 Å². The van der Waals surface area contributed by atoms with Gasteiger partial charge in [-0.15, -0.1) is 0 Å². The lowest BCUT2D eigenvalue weighted by atomic mass is 10.1. The Morgan fingerprint density at radius 3 is 2.55 bits per heavy atom. The zero-order chi connectivity index (χ0) is 22.0. The molecular formula is C23H21BrClN5O. The normalized spacial score (nSPS) is 11.0. The molecule has 0 aliphatic rings. The molecule has 0 aliphatic heterocycles. The molecule has 0 radical (unpaired) electrons. The van der Waals surface area contributed by atoms with E-state index in [1.165, 1.54) is 0 Å². The number of halogens is 2. The summed E-state index contributed by atoms with van der Waals surface area (Å²) in [6.07, 6.45) is 3.44. The number of carbonyl (C=O) groups is 1. The lowest BCUT2D eigenvalue weighted by molar-refractivity contribution is 0.102. The molecule has 4 rings (SSSR count). The van der Waals surface area contributed by atoms with Crippen LogP contribution < -0.4 is 5.32 Å². The minimum Gasteiger partial charge on any atom is -0.319 e. The van der Waals surface area contributed by atoms with E-state index in [4.69, 9.17) is 11.6 Å². The molecule has 0 bridgehead atoms. The Balaban J connectivity index is 1.44. The van der Waals surface area contributed by atoms with Gasteiger partial charge < -0.3 is 5.32 Å². The fourth-order valence-electron chi connectivity index (χ4n) is 3.35. The zero-order valence-corrected chi connectivity index (χ0v) is 19.5. The summed E-state index contributed by atoms with van der Waals surface area (Å²) in [6, 6.07) is 15.2. The molecule has 1 N–H and O–H groups in total. The molecule has 0 saturated carbocycles. The minimum atomic E-state index is -0.182. The van der Waals surface area contributed by atoms with Crippen LogP contribution in [0.5, 0.6) is 0 Å². The predicted octanol–water partition coefficient (Wildman–Crippen LogP) is 5.46. The number of hydrogen-bond acceptors (Lipinski definition) is 3. The van der Waals surface area contributed by atoms with Crippen molar-refractivity contribution >= 4 is 39.1 Å². The number of hydrogen-bond donors (Lipinski definition) is 1. The minimum absolute atomic E-state index is 0.182. The number of aromatic nitrogens is 4. The number of nitrogens with one attached hydrogen (secondary N) is 1. The second kappa shape index (κ2) is 9.08. The van der Waals surface area contributed by atoms with Crippen molar-refractivity contribution in [1.82, 2.24) is 19.6 Å². The molecule has 0 saturated heterocycles. The highest BCUT2D eigenvalue weighted by molar-refractivity contribution is 9.10. The molecule has 158 valence electrons. The van der Waals surface area contributed by atoms with E-state index in [2.05, 4.69) is 31.4 Å². The van der Waals surface area contributed by atoms with Gasteiger partial charge in [0.25, 0.3) is 5.91 Å². The van der Waals surface area contributed by atoms with Gasteiger partial charge in [0.2, 0.25) is 0 Å². The van der Waals surface area contributed by atoms with Gasteiger partial charge in [0.05, 0.1) is 40.8 Å². The van der Waals surface area contributed by atoms with Crippen molar-refractivity contribution in [2.45, 2.75) is 26.9 Å². The highest BCUT2D eigenvalue weighted by Crippen LogP contribution is 2.21. The highest BCUT2D eigenvalue weighted by atomic mass is 79.9. The number of anilines is 1. The summed E-state index contributed by atoms with van der Waals surface area (Å²) in [5.74, 6) is -0.182. The first-order valence-electron chi connectivity index (χ1n) is 9.76. The van der Waals surface area contributed by atoms with Gasteiger partial charge in [0, 0.05) is 16.8 Å². The largest absolute Gasteiger partial charge is 0.319 e. The van der Waals surface area contributed by atoms with Crippen LogP contribution in [0.3, 0.4) is 0 Å². The van der Waals surface area contributed by atoms with Gasteiger partial charge in [-0.25, -0.2) is 0 Å². The van der Waals surface area contributed by atoms with Gasteiger partial charge in [-0.1, -0.05) is 35.9 Å². The average Bonchev–Trinajstić information content (AvgIpc) is 3.27. The predicted molar refractivity (Wildman–Crippen MR) is 126 cm³/mol. The number of amides is 1. The van der Waals surface area contributed by atoms with Gasteiger partial charge in [0.1, 0.15) is 0 Å². The maximum Gasteiger partial charge on any atom is 0.255 e. The topological polar surface area (TPSA) is 64.7 Å². The van der Waals surface area contributed by atoms with E-state index in [1.807, 2.05) is 61.0 Å². The first-order chi connectivity index (χ1) is 14.9. The summed E-state index contributed by atoms with van der Waals surface area (Å²) < 4.78 is 4.70. The summed E-state index contributed by atoms with van der Waals surface area (Å²) in [7, 11) is 0. The molecule has 1 amide bonds. The van der Waals surface area contributed by atoms with Crippen LogP contribution in [0.2, 0.25) is 5.02 Å². The van der Waals surface area contributed by atoms with Crippen LogP contribution in [0.4, 0.5) is 5.69 Å². The molecule has 0 spiro atoms. The van der Waals surface area contributed by atoms with Crippen molar-refractivity contribution < 1.29 is 4.79 Å². The summed E-state index contributed by atoms with van der Waals surface area (Å²) in [4.78, 5) is 12.8. The molecule has 6 nitrogen and oxygen atoms in total. The summed E-state index contributed by atoms with van der Waals surface area (Å²) in [5, 5.41) is 12.5. The van der Waals surface area contributed by atoms with Crippen LogP contribution >= 0.6 is 27.5 Å². The van der Waals surface area contributed by atoms with Crippen LogP contribution in [-0.4, -0.2) is 25.5 Å². The maximum atomic E-state index is 12.8. The van der Waals surface area contributed by atoms with Gasteiger partial charge in [-0.2, -0.15) is 10.2 Å². The Labute approximate surface area is 194 Å². The lowest BCUT2D eigenvalue weighted by Gasteiger charge is -2.08. The van der Waals surface area contributed by atoms with Crippen LogP contribution in [0, 0.1) is 13.8 Å². The summed E-state index contributed by atoms with van der Waals surface area (Å²) >= 11 is 9.59. The Morgan fingerprint density at radius 2 is 1.84 bits per heavy atom. The number of aryl methyl sites for hydroxylation is 1. The summed E-state index contributed by atoms with van der Waals surface area (Å²) in [6.45, 7) is 5.15. The van der Waals surface area contributed by atoms with E-state index in [0.717, 1.165) is 27.0 Å². The molecule has 0 fully saturated rings. The Hall–Kier alpha value is -2.90. The molecular weight excluding hydrogens is 478 g/mol. The Kier molecular flexibility index (Phi) is 6.25. The summed E-state index contributed by atoms with van der Waals surface area (Å²) in [5.41, 5.74) is 5.26. The number of nitrogens with zero attached hydrogens (tertiary/aromatic N) is 4. The highest BCUT2D eigenvalue weighted by Gasteiger charge is 2.12. The molecule has 2 aromatic heterocycles. The van der Waals surface area contributed by atoms with E-state index in [9.17, 15) is 4.79 Å². The van der Waals surface area contributed by atoms with Crippen molar-refractivity contribution in [2.24, 2.45) is 0 Å². The quantitative estimate of drug-likeness (QED) is 0.384. The van der Waals surface area contributed by atoms with Crippen LogP contribution in [-0.2, 0) is 13.1 Å². The zero-order valence-electron chi connectivity index (χ0n) is 17.1. The molecule has 0 unspecified atom stereocenters. The van der Waals surface area contributed by atoms with Gasteiger partial charge in [-0.05, 0) is 65.2 Å². The van der Waals surface area contributed by atoms with E-state index in [1.54, 1.807) is 23.1 Å². The number of benzene rings is 2. The third-order valence-corrected chi connectivity index (χ3v) is 6.32. The molecule has 31 heavy (non-hydrogen) atoms. The number of rotatable bonds is 6. The molecule has 0 aliphatic carbocycles. The van der Waals surface area contributed by atoms with E-state index < -0.39 is 0 Å². The first kappa shape index (κ1) is 21.3. The van der Waals surface area contributed by atoms with E-state index in [0.29, 0.717) is 29.4 Å². The fraction of sp³-hybridized carbons (Fsp3) is 0.174. The maximum absolute atomic E-state index is 12.8. The fourth-order valence-corrected chi connectivity index (χ4v) is 3.85. The van der Waals surface area contributed by atoms with Crippen LogP contribution in [0.1, 0.15) is 32.9 Å². The molecule has 8 heteroatoms. The van der Waals surface area contributed by atoms with Crippen LogP contribution in [0.25, 0.3) is 0 Å². The van der Waals surface area contributed by atoms with Crippen molar-refractivity contribution in [1.29, 1.82) is 0 Å². The Bertz CT molecular complexity index is 1250. The van der Waals surface area contributed by atoms with E-state index >= 15 is 0 Å². The van der Waals surface area contributed by atoms with Crippen molar-refractivity contribution in [2.75, 3.05) is 5.32 Å². The van der Waals surface area contributed by atoms with Gasteiger partial charge in [-0.3, -0.25) is 14.2 Å². The second-order valence-electron chi connectivity index (χ2n) is 7.35. The smallest absolute Gasteiger partial charge is 0.255 e. The molecule has 2 heterocycles. The Morgan fingerprint density at radius 1 is 1.10 bits per heavy atom. The van der Waals surface area contributed by atoms with Crippen molar-refractivity contribution in [3.63, 3.8) is 0 Å². The van der Waals surface area contributed by atoms with Crippen LogP contribution in [0.15, 0.2) is 65.4 Å². The average molecular weight is 499 g/mol. The molecule has 4 aromatic rings. The monoisotopic (exact) mass is 497 g/mol. The van der Waals surface area contributed by atoms with Crippen molar-refractivity contribution in [3.05, 3.63) is 98.5 Å². The van der Waals surface area contributed by atoms with E-state index in [-0.39, 0.29) is 5.91 Å². The number of carbonyl (C=O) groups excluding carboxylic acids is 1.